The molecule has 9 heteroatoms. The highest BCUT2D eigenvalue weighted by molar-refractivity contribution is 7.09. The third-order valence-corrected chi connectivity index (χ3v) is 5.32. The molecule has 1 saturated heterocycles. The number of carbonyl (C=O) groups is 1. The van der Waals surface area contributed by atoms with Crippen LogP contribution in [0.1, 0.15) is 28.1 Å². The minimum atomic E-state index is -4.35. The predicted octanol–water partition coefficient (Wildman–Crippen LogP) is 3.15. The molecular weight excluding hydrogens is 365 g/mol. The fraction of sp³-hybridized carbons (Fsp3) is 0.529. The molecular formula is C17H21F3N4OS. The smallest absolute Gasteiger partial charge is 0.352 e. The van der Waals surface area contributed by atoms with Gasteiger partial charge < -0.3 is 5.32 Å². The van der Waals surface area contributed by atoms with Gasteiger partial charge in [-0.05, 0) is 43.3 Å². The molecule has 1 aliphatic rings. The quantitative estimate of drug-likeness (QED) is 0.830. The first kappa shape index (κ1) is 18.9. The molecule has 0 aliphatic carbocycles. The third kappa shape index (κ3) is 5.57. The fourth-order valence-corrected chi connectivity index (χ4v) is 3.81. The molecule has 26 heavy (non-hydrogen) atoms. The van der Waals surface area contributed by atoms with Gasteiger partial charge in [0.1, 0.15) is 6.54 Å². The zero-order valence-electron chi connectivity index (χ0n) is 14.2. The molecule has 0 atom stereocenters. The van der Waals surface area contributed by atoms with Crippen LogP contribution in [0.3, 0.4) is 0 Å². The molecule has 5 nitrogen and oxygen atoms in total. The number of alkyl halides is 3. The van der Waals surface area contributed by atoms with E-state index in [9.17, 15) is 18.0 Å². The Balaban J connectivity index is 1.40. The van der Waals surface area contributed by atoms with Crippen molar-refractivity contribution < 1.29 is 18.0 Å². The fourth-order valence-electron chi connectivity index (χ4n) is 3.06. The van der Waals surface area contributed by atoms with E-state index in [0.717, 1.165) is 43.4 Å². The van der Waals surface area contributed by atoms with Gasteiger partial charge in [0.15, 0.2) is 0 Å². The normalized spacial score (nSPS) is 16.7. The number of carbonyl (C=O) groups excluding carboxylic acids is 1. The van der Waals surface area contributed by atoms with Crippen molar-refractivity contribution in [3.8, 4) is 0 Å². The number of amides is 1. The van der Waals surface area contributed by atoms with Crippen molar-refractivity contribution in [2.24, 2.45) is 5.92 Å². The van der Waals surface area contributed by atoms with E-state index in [0.29, 0.717) is 12.5 Å². The second-order valence-corrected chi connectivity index (χ2v) is 7.58. The maximum absolute atomic E-state index is 12.3. The van der Waals surface area contributed by atoms with Crippen molar-refractivity contribution >= 4 is 17.2 Å². The van der Waals surface area contributed by atoms with Gasteiger partial charge in [-0.3, -0.25) is 14.4 Å². The number of nitrogens with one attached hydrogen (secondary N) is 1. The van der Waals surface area contributed by atoms with E-state index >= 15 is 0 Å². The van der Waals surface area contributed by atoms with Gasteiger partial charge in [0.25, 0.3) is 5.91 Å². The highest BCUT2D eigenvalue weighted by atomic mass is 32.1. The van der Waals surface area contributed by atoms with Crippen LogP contribution in [0.5, 0.6) is 0 Å². The van der Waals surface area contributed by atoms with Crippen molar-refractivity contribution in [2.45, 2.75) is 32.1 Å². The number of nitrogens with zero attached hydrogens (tertiary/aromatic N) is 3. The summed E-state index contributed by atoms with van der Waals surface area (Å²) < 4.78 is 37.7. The summed E-state index contributed by atoms with van der Waals surface area (Å²) >= 11 is 1.76. The van der Waals surface area contributed by atoms with E-state index in [2.05, 4.69) is 32.8 Å². The van der Waals surface area contributed by atoms with Crippen molar-refractivity contribution in [1.29, 1.82) is 0 Å². The Morgan fingerprint density at radius 1 is 1.35 bits per heavy atom. The van der Waals surface area contributed by atoms with E-state index in [-0.39, 0.29) is 11.5 Å². The number of thiophene rings is 1. The first-order valence-corrected chi connectivity index (χ1v) is 9.39. The van der Waals surface area contributed by atoms with Crippen molar-refractivity contribution in [3.05, 3.63) is 40.3 Å². The predicted molar refractivity (Wildman–Crippen MR) is 92.9 cm³/mol. The first-order valence-electron chi connectivity index (χ1n) is 8.51. The van der Waals surface area contributed by atoms with Gasteiger partial charge in [-0.2, -0.15) is 18.3 Å². The summed E-state index contributed by atoms with van der Waals surface area (Å²) in [5.41, 5.74) is 0.157. The lowest BCUT2D eigenvalue weighted by molar-refractivity contribution is -0.142. The largest absolute Gasteiger partial charge is 0.408 e. The maximum Gasteiger partial charge on any atom is 0.408 e. The number of likely N-dealkylation sites (tertiary alicyclic amines) is 1. The molecule has 0 saturated carbocycles. The number of halogens is 3. The summed E-state index contributed by atoms with van der Waals surface area (Å²) in [4.78, 5) is 15.8. The van der Waals surface area contributed by atoms with Crippen LogP contribution < -0.4 is 5.32 Å². The van der Waals surface area contributed by atoms with Crippen LogP contribution in [0, 0.1) is 5.92 Å². The van der Waals surface area contributed by atoms with Gasteiger partial charge in [-0.25, -0.2) is 0 Å². The molecule has 1 aliphatic heterocycles. The molecule has 0 aromatic carbocycles. The Bertz CT molecular complexity index is 706. The second-order valence-electron chi connectivity index (χ2n) is 6.55. The molecule has 0 bridgehead atoms. The summed E-state index contributed by atoms with van der Waals surface area (Å²) in [6.45, 7) is 2.29. The van der Waals surface area contributed by atoms with Crippen molar-refractivity contribution in [2.75, 3.05) is 19.6 Å². The SMILES string of the molecule is O=C(NCC1CCN(Cc2cccs2)CC1)c1cnn(CC(F)(F)F)c1. The number of hydrogen-bond donors (Lipinski definition) is 1. The standard InChI is InChI=1S/C17H21F3N4OS/c18-17(19,20)12-24-10-14(9-22-24)16(25)21-8-13-3-5-23(6-4-13)11-15-2-1-7-26-15/h1-2,7,9-10,13H,3-6,8,11-12H2,(H,21,25). The summed E-state index contributed by atoms with van der Waals surface area (Å²) in [5, 5.41) is 8.49. The Labute approximate surface area is 153 Å². The Hall–Kier alpha value is -1.87. The lowest BCUT2D eigenvalue weighted by Crippen LogP contribution is -2.38. The minimum Gasteiger partial charge on any atom is -0.352 e. The highest BCUT2D eigenvalue weighted by Crippen LogP contribution is 2.20. The van der Waals surface area contributed by atoms with Gasteiger partial charge >= 0.3 is 6.18 Å². The lowest BCUT2D eigenvalue weighted by Gasteiger charge is -2.31. The van der Waals surface area contributed by atoms with Crippen molar-refractivity contribution in [3.63, 3.8) is 0 Å². The van der Waals surface area contributed by atoms with Crippen LogP contribution >= 0.6 is 11.3 Å². The summed E-state index contributed by atoms with van der Waals surface area (Å²) in [7, 11) is 0. The van der Waals surface area contributed by atoms with Crippen molar-refractivity contribution in [1.82, 2.24) is 20.0 Å². The van der Waals surface area contributed by atoms with Crippen LogP contribution in [-0.4, -0.2) is 46.4 Å². The van der Waals surface area contributed by atoms with Gasteiger partial charge in [-0.1, -0.05) is 6.07 Å². The van der Waals surface area contributed by atoms with Crippen LogP contribution in [-0.2, 0) is 13.1 Å². The average Bonchev–Trinajstić information content (AvgIpc) is 3.24. The van der Waals surface area contributed by atoms with Crippen LogP contribution in [0.15, 0.2) is 29.9 Å². The summed E-state index contributed by atoms with van der Waals surface area (Å²) in [6, 6.07) is 4.19. The topological polar surface area (TPSA) is 50.2 Å². The molecule has 142 valence electrons. The van der Waals surface area contributed by atoms with Gasteiger partial charge in [0.05, 0.1) is 11.8 Å². The van der Waals surface area contributed by atoms with E-state index in [1.165, 1.54) is 11.1 Å². The monoisotopic (exact) mass is 386 g/mol. The number of piperidine rings is 1. The minimum absolute atomic E-state index is 0.157. The number of rotatable bonds is 6. The number of hydrogen-bond acceptors (Lipinski definition) is 4. The third-order valence-electron chi connectivity index (χ3n) is 4.45. The molecule has 1 fully saturated rings. The first-order chi connectivity index (χ1) is 12.4. The van der Waals surface area contributed by atoms with E-state index < -0.39 is 12.7 Å². The van der Waals surface area contributed by atoms with E-state index in [4.69, 9.17) is 0 Å². The molecule has 1 N–H and O–H groups in total. The number of aromatic nitrogens is 2. The van der Waals surface area contributed by atoms with Crippen LogP contribution in [0.2, 0.25) is 0 Å². The van der Waals surface area contributed by atoms with Gasteiger partial charge in [-0.15, -0.1) is 11.3 Å². The lowest BCUT2D eigenvalue weighted by atomic mass is 9.96. The van der Waals surface area contributed by atoms with Crippen LogP contribution in [0.4, 0.5) is 13.2 Å². The van der Waals surface area contributed by atoms with Crippen LogP contribution in [0.25, 0.3) is 0 Å². The second kappa shape index (κ2) is 8.22. The molecule has 2 aromatic rings. The van der Waals surface area contributed by atoms with Gasteiger partial charge in [0.2, 0.25) is 0 Å². The zero-order chi connectivity index (χ0) is 18.6. The Morgan fingerprint density at radius 2 is 2.12 bits per heavy atom. The molecule has 2 aromatic heterocycles. The Morgan fingerprint density at radius 3 is 2.77 bits per heavy atom. The zero-order valence-corrected chi connectivity index (χ0v) is 15.0. The summed E-state index contributed by atoms with van der Waals surface area (Å²) in [6.07, 6.45) is -0.0496. The molecule has 3 heterocycles. The van der Waals surface area contributed by atoms with E-state index in [1.54, 1.807) is 11.3 Å². The average molecular weight is 386 g/mol. The van der Waals surface area contributed by atoms with E-state index in [1.807, 2.05) is 0 Å². The summed E-state index contributed by atoms with van der Waals surface area (Å²) in [5.74, 6) is 0.0168. The molecule has 0 spiro atoms. The molecule has 0 radical (unpaired) electrons. The highest BCUT2D eigenvalue weighted by Gasteiger charge is 2.28. The molecule has 0 unspecified atom stereocenters. The maximum atomic E-state index is 12.3. The molecule has 3 rings (SSSR count). The molecule has 1 amide bonds. The van der Waals surface area contributed by atoms with Gasteiger partial charge in [0, 0.05) is 24.2 Å². The Kier molecular flexibility index (Phi) is 5.98.